The molecular formula is C14H22ClFN2O2S. The molecule has 0 bridgehead atoms. The summed E-state index contributed by atoms with van der Waals surface area (Å²) >= 11 is 5.83. The molecule has 0 saturated carbocycles. The summed E-state index contributed by atoms with van der Waals surface area (Å²) in [6.07, 6.45) is 0. The Morgan fingerprint density at radius 1 is 1.38 bits per heavy atom. The second kappa shape index (κ2) is 6.60. The van der Waals surface area contributed by atoms with Crippen molar-refractivity contribution in [2.75, 3.05) is 6.54 Å². The number of rotatable bonds is 5. The number of nitrogens with two attached hydrogens (primary N) is 1. The fourth-order valence-corrected chi connectivity index (χ4v) is 3.16. The van der Waals surface area contributed by atoms with Crippen LogP contribution in [0.3, 0.4) is 0 Å². The molecule has 4 nitrogen and oxygen atoms in total. The van der Waals surface area contributed by atoms with E-state index in [0.29, 0.717) is 0 Å². The number of benzene rings is 1. The smallest absolute Gasteiger partial charge is 0.243 e. The quantitative estimate of drug-likeness (QED) is 0.868. The predicted molar refractivity (Wildman–Crippen MR) is 83.1 cm³/mol. The topological polar surface area (TPSA) is 72.2 Å². The second-order valence-electron chi connectivity index (χ2n) is 6.20. The van der Waals surface area contributed by atoms with Gasteiger partial charge in [-0.25, -0.2) is 17.5 Å². The summed E-state index contributed by atoms with van der Waals surface area (Å²) in [7, 11) is -3.97. The maximum atomic E-state index is 14.1. The van der Waals surface area contributed by atoms with Gasteiger partial charge >= 0.3 is 0 Å². The lowest BCUT2D eigenvalue weighted by Gasteiger charge is -2.27. The molecule has 1 atom stereocenters. The third-order valence-electron chi connectivity index (χ3n) is 3.65. The Labute approximate surface area is 130 Å². The van der Waals surface area contributed by atoms with Crippen molar-refractivity contribution in [2.24, 2.45) is 17.1 Å². The molecule has 0 aliphatic rings. The monoisotopic (exact) mass is 336 g/mol. The van der Waals surface area contributed by atoms with Crippen molar-refractivity contribution in [3.63, 3.8) is 0 Å². The maximum Gasteiger partial charge on any atom is 0.243 e. The molecule has 0 saturated heterocycles. The van der Waals surface area contributed by atoms with E-state index in [1.54, 1.807) is 0 Å². The zero-order valence-electron chi connectivity index (χ0n) is 12.7. The third-order valence-corrected chi connectivity index (χ3v) is 5.29. The lowest BCUT2D eigenvalue weighted by atomic mass is 9.82. The van der Waals surface area contributed by atoms with Crippen LogP contribution in [-0.2, 0) is 16.6 Å². The zero-order valence-corrected chi connectivity index (χ0v) is 14.3. The van der Waals surface area contributed by atoms with Crippen LogP contribution >= 0.6 is 11.6 Å². The number of nitrogens with one attached hydrogen (secondary N) is 1. The summed E-state index contributed by atoms with van der Waals surface area (Å²) in [6, 6.07) is 2.42. The average molecular weight is 337 g/mol. The molecule has 0 radical (unpaired) electrons. The summed E-state index contributed by atoms with van der Waals surface area (Å²) in [4.78, 5) is -0.462. The van der Waals surface area contributed by atoms with E-state index in [2.05, 4.69) is 4.72 Å². The molecule has 0 fully saturated rings. The van der Waals surface area contributed by atoms with Crippen LogP contribution in [0.2, 0.25) is 5.02 Å². The van der Waals surface area contributed by atoms with Crippen LogP contribution in [0.15, 0.2) is 17.0 Å². The molecule has 1 aromatic carbocycles. The molecule has 0 amide bonds. The highest BCUT2D eigenvalue weighted by Gasteiger charge is 2.25. The SMILES string of the molecule is CC(CNS(=O)(=O)c1cc(Cl)cc(CN)c1F)C(C)(C)C. The molecule has 7 heteroatoms. The van der Waals surface area contributed by atoms with Gasteiger partial charge in [-0.3, -0.25) is 0 Å². The highest BCUT2D eigenvalue weighted by Crippen LogP contribution is 2.26. The van der Waals surface area contributed by atoms with E-state index in [1.165, 1.54) is 6.07 Å². The van der Waals surface area contributed by atoms with Crippen LogP contribution in [0.4, 0.5) is 4.39 Å². The van der Waals surface area contributed by atoms with E-state index < -0.39 is 20.7 Å². The van der Waals surface area contributed by atoms with Crippen LogP contribution in [0.5, 0.6) is 0 Å². The summed E-state index contributed by atoms with van der Waals surface area (Å²) in [6.45, 7) is 8.07. The van der Waals surface area contributed by atoms with Crippen molar-refractivity contribution in [2.45, 2.75) is 39.1 Å². The van der Waals surface area contributed by atoms with Crippen molar-refractivity contribution in [1.29, 1.82) is 0 Å². The van der Waals surface area contributed by atoms with Gasteiger partial charge in [0.05, 0.1) is 0 Å². The van der Waals surface area contributed by atoms with Gasteiger partial charge in [0.2, 0.25) is 10.0 Å². The van der Waals surface area contributed by atoms with Gasteiger partial charge in [-0.05, 0) is 23.5 Å². The van der Waals surface area contributed by atoms with E-state index in [1.807, 2.05) is 27.7 Å². The van der Waals surface area contributed by atoms with Gasteiger partial charge in [-0.2, -0.15) is 0 Å². The minimum atomic E-state index is -3.97. The standard InChI is InChI=1S/C14H22ClFN2O2S/c1-9(14(2,3)4)8-18-21(19,20)12-6-11(15)5-10(7-17)13(12)16/h5-6,9,18H,7-8,17H2,1-4H3. The summed E-state index contributed by atoms with van der Waals surface area (Å²) in [5.41, 5.74) is 5.42. The van der Waals surface area contributed by atoms with E-state index in [9.17, 15) is 12.8 Å². The minimum absolute atomic E-state index is 0.0577. The Kier molecular flexibility index (Phi) is 5.77. The van der Waals surface area contributed by atoms with Gasteiger partial charge in [0.15, 0.2) is 0 Å². The lowest BCUT2D eigenvalue weighted by Crippen LogP contribution is -2.34. The number of halogens is 2. The van der Waals surface area contributed by atoms with Crippen LogP contribution in [0.25, 0.3) is 0 Å². The Morgan fingerprint density at radius 2 is 1.95 bits per heavy atom. The Morgan fingerprint density at radius 3 is 2.43 bits per heavy atom. The van der Waals surface area contributed by atoms with E-state index in [-0.39, 0.29) is 35.0 Å². The molecule has 0 spiro atoms. The number of sulfonamides is 1. The third kappa shape index (κ3) is 4.64. The number of hydrogen-bond donors (Lipinski definition) is 2. The molecule has 1 aromatic rings. The van der Waals surface area contributed by atoms with Crippen molar-refractivity contribution in [3.8, 4) is 0 Å². The molecular weight excluding hydrogens is 315 g/mol. The molecule has 120 valence electrons. The molecule has 0 heterocycles. The first-order chi connectivity index (χ1) is 9.49. The van der Waals surface area contributed by atoms with Gasteiger partial charge in [-0.1, -0.05) is 39.3 Å². The van der Waals surface area contributed by atoms with E-state index in [0.717, 1.165) is 6.07 Å². The molecule has 21 heavy (non-hydrogen) atoms. The van der Waals surface area contributed by atoms with Crippen LogP contribution < -0.4 is 10.5 Å². The average Bonchev–Trinajstić information content (AvgIpc) is 2.36. The predicted octanol–water partition coefficient (Wildman–Crippen LogP) is 2.90. The van der Waals surface area contributed by atoms with Gasteiger partial charge in [0.25, 0.3) is 0 Å². The molecule has 3 N–H and O–H groups in total. The second-order valence-corrected chi connectivity index (χ2v) is 8.37. The molecule has 0 aliphatic carbocycles. The Balaban J connectivity index is 3.07. The summed E-state index contributed by atoms with van der Waals surface area (Å²) < 4.78 is 41.1. The first-order valence-electron chi connectivity index (χ1n) is 6.66. The summed E-state index contributed by atoms with van der Waals surface area (Å²) in [5, 5.41) is 0.140. The lowest BCUT2D eigenvalue weighted by molar-refractivity contribution is 0.263. The van der Waals surface area contributed by atoms with Gasteiger partial charge in [-0.15, -0.1) is 0 Å². The molecule has 0 aliphatic heterocycles. The summed E-state index contributed by atoms with van der Waals surface area (Å²) in [5.74, 6) is -0.763. The number of hydrogen-bond acceptors (Lipinski definition) is 3. The maximum absolute atomic E-state index is 14.1. The van der Waals surface area contributed by atoms with Crippen molar-refractivity contribution in [1.82, 2.24) is 4.72 Å². The first-order valence-corrected chi connectivity index (χ1v) is 8.53. The molecule has 1 unspecified atom stereocenters. The highest BCUT2D eigenvalue weighted by atomic mass is 35.5. The van der Waals surface area contributed by atoms with Crippen LogP contribution in [0.1, 0.15) is 33.3 Å². The Hall–Kier alpha value is -0.690. The van der Waals surface area contributed by atoms with Gasteiger partial charge in [0.1, 0.15) is 10.7 Å². The fraction of sp³-hybridized carbons (Fsp3) is 0.571. The normalized spacial score (nSPS) is 14.2. The van der Waals surface area contributed by atoms with Gasteiger partial charge in [0, 0.05) is 23.7 Å². The Bertz CT molecular complexity index is 612. The van der Waals surface area contributed by atoms with E-state index in [4.69, 9.17) is 17.3 Å². The van der Waals surface area contributed by atoms with Crippen molar-refractivity contribution < 1.29 is 12.8 Å². The molecule has 0 aromatic heterocycles. The van der Waals surface area contributed by atoms with Gasteiger partial charge < -0.3 is 5.73 Å². The first kappa shape index (κ1) is 18.4. The van der Waals surface area contributed by atoms with Crippen molar-refractivity contribution in [3.05, 3.63) is 28.5 Å². The fourth-order valence-electron chi connectivity index (χ4n) is 1.58. The largest absolute Gasteiger partial charge is 0.326 e. The van der Waals surface area contributed by atoms with E-state index >= 15 is 0 Å². The zero-order chi connectivity index (χ0) is 16.4. The molecule has 1 rings (SSSR count). The highest BCUT2D eigenvalue weighted by molar-refractivity contribution is 7.89. The van der Waals surface area contributed by atoms with Crippen LogP contribution in [0, 0.1) is 17.2 Å². The van der Waals surface area contributed by atoms with Crippen molar-refractivity contribution >= 4 is 21.6 Å². The minimum Gasteiger partial charge on any atom is -0.326 e. The van der Waals surface area contributed by atoms with Crippen LogP contribution in [-0.4, -0.2) is 15.0 Å².